The van der Waals surface area contributed by atoms with Gasteiger partial charge in [-0.05, 0) is 64.2 Å². The third kappa shape index (κ3) is 3.97. The molecule has 1 amide bonds. The van der Waals surface area contributed by atoms with E-state index in [1.54, 1.807) is 24.2 Å². The monoisotopic (exact) mass is 500 g/mol. The molecule has 0 saturated heterocycles. The smallest absolute Gasteiger partial charge is 0.414 e. The fourth-order valence-corrected chi connectivity index (χ4v) is 6.30. The Kier molecular flexibility index (Phi) is 5.93. The highest BCUT2D eigenvalue weighted by atomic mass is 16.5. The van der Waals surface area contributed by atoms with Crippen LogP contribution in [0.25, 0.3) is 22.2 Å². The number of hydrogen-bond donors (Lipinski definition) is 0. The molecule has 1 fully saturated rings. The summed E-state index contributed by atoms with van der Waals surface area (Å²) in [6, 6.07) is 6.34. The van der Waals surface area contributed by atoms with Crippen LogP contribution in [0.5, 0.6) is 0 Å². The molecular formula is C28H32N6O3. The first-order valence-electron chi connectivity index (χ1n) is 13.1. The second kappa shape index (κ2) is 9.28. The van der Waals surface area contributed by atoms with Crippen molar-refractivity contribution in [1.82, 2.24) is 24.1 Å². The Bertz CT molecular complexity index is 1500. The molecule has 0 N–H and O–H groups in total. The standard InChI is InChI=1S/C28H32N6O3/c1-17-7-8-21-23(33(17)28(36)37-3)9-10-24-26(21)31-25(16-32-14-11-22-27(32)30-13-12-29-22)34(24)20-6-4-5-19(15-20)18(2)35/h9-14,17,19-20H,4-8,15-16H2,1-3H3/t17-,19+,20+/m0/s1. The zero-order valence-electron chi connectivity index (χ0n) is 21.6. The third-order valence-electron chi connectivity index (χ3n) is 8.19. The van der Waals surface area contributed by atoms with E-state index in [1.807, 2.05) is 18.3 Å². The van der Waals surface area contributed by atoms with Crippen molar-refractivity contribution in [3.05, 3.63) is 48.2 Å². The summed E-state index contributed by atoms with van der Waals surface area (Å²) in [4.78, 5) is 40.9. The highest BCUT2D eigenvalue weighted by Crippen LogP contribution is 2.40. The van der Waals surface area contributed by atoms with E-state index in [1.165, 1.54) is 7.11 Å². The highest BCUT2D eigenvalue weighted by molar-refractivity contribution is 5.95. The lowest BCUT2D eigenvalue weighted by atomic mass is 9.83. The van der Waals surface area contributed by atoms with Gasteiger partial charge in [0.15, 0.2) is 5.65 Å². The van der Waals surface area contributed by atoms with Crippen molar-refractivity contribution < 1.29 is 14.3 Å². The van der Waals surface area contributed by atoms with Gasteiger partial charge >= 0.3 is 6.09 Å². The van der Waals surface area contributed by atoms with E-state index in [2.05, 4.69) is 32.1 Å². The van der Waals surface area contributed by atoms with Crippen molar-refractivity contribution in [3.8, 4) is 0 Å². The van der Waals surface area contributed by atoms with Gasteiger partial charge in [-0.25, -0.2) is 14.8 Å². The molecule has 2 aliphatic rings. The molecule has 0 radical (unpaired) electrons. The molecule has 0 bridgehead atoms. The predicted molar refractivity (Wildman–Crippen MR) is 141 cm³/mol. The number of carbonyl (C=O) groups excluding carboxylic acids is 2. The number of aromatic nitrogens is 5. The number of methoxy groups -OCH3 is 1. The number of Topliss-reactive ketones (excluding diaryl/α,β-unsaturated/α-hetero) is 1. The molecule has 0 unspecified atom stereocenters. The van der Waals surface area contributed by atoms with Crippen LogP contribution in [-0.2, 0) is 22.5 Å². The number of fused-ring (bicyclic) bond motifs is 4. The van der Waals surface area contributed by atoms with Crippen LogP contribution in [0, 0.1) is 5.92 Å². The average Bonchev–Trinajstić information content (AvgIpc) is 3.49. The molecule has 9 heteroatoms. The Hall–Kier alpha value is -3.75. The van der Waals surface area contributed by atoms with Crippen molar-refractivity contribution in [3.63, 3.8) is 0 Å². The molecule has 1 aliphatic carbocycles. The fourth-order valence-electron chi connectivity index (χ4n) is 6.30. The lowest BCUT2D eigenvalue weighted by Crippen LogP contribution is -2.42. The van der Waals surface area contributed by atoms with Crippen LogP contribution in [0.2, 0.25) is 0 Å². The van der Waals surface area contributed by atoms with E-state index >= 15 is 0 Å². The molecule has 1 saturated carbocycles. The first-order valence-corrected chi connectivity index (χ1v) is 13.1. The Morgan fingerprint density at radius 3 is 2.76 bits per heavy atom. The van der Waals surface area contributed by atoms with Gasteiger partial charge in [-0.1, -0.05) is 6.42 Å². The Labute approximate surface area is 215 Å². The molecular weight excluding hydrogens is 468 g/mol. The van der Waals surface area contributed by atoms with Gasteiger partial charge < -0.3 is 13.9 Å². The number of rotatable bonds is 4. The molecule has 1 aliphatic heterocycles. The molecule has 3 atom stereocenters. The molecule has 192 valence electrons. The summed E-state index contributed by atoms with van der Waals surface area (Å²) in [5.41, 5.74) is 5.61. The van der Waals surface area contributed by atoms with Gasteiger partial charge in [-0.3, -0.25) is 14.7 Å². The molecule has 6 rings (SSSR count). The van der Waals surface area contributed by atoms with Crippen LogP contribution in [0.3, 0.4) is 0 Å². The SMILES string of the molecule is COC(=O)N1c2ccc3c(nc(Cn4ccc5nccnc54)n3[C@@H]3CCC[C@@H](C(C)=O)C3)c2CC[C@@H]1C. The summed E-state index contributed by atoms with van der Waals surface area (Å²) in [5, 5.41) is 0. The summed E-state index contributed by atoms with van der Waals surface area (Å²) in [6.45, 7) is 4.31. The van der Waals surface area contributed by atoms with Crippen LogP contribution in [0.4, 0.5) is 10.5 Å². The number of ether oxygens (including phenoxy) is 1. The summed E-state index contributed by atoms with van der Waals surface area (Å²) in [6.07, 6.45) is 10.6. The normalized spacial score (nSPS) is 21.8. The number of imidazole rings is 1. The minimum Gasteiger partial charge on any atom is -0.452 e. The zero-order valence-corrected chi connectivity index (χ0v) is 21.6. The quantitative estimate of drug-likeness (QED) is 0.389. The molecule has 4 aromatic rings. The predicted octanol–water partition coefficient (Wildman–Crippen LogP) is 5.06. The first kappa shape index (κ1) is 23.6. The molecule has 0 spiro atoms. The number of ketones is 1. The second-order valence-corrected chi connectivity index (χ2v) is 10.4. The van der Waals surface area contributed by atoms with Crippen molar-refractivity contribution in [1.29, 1.82) is 0 Å². The van der Waals surface area contributed by atoms with Crippen LogP contribution in [0.1, 0.15) is 63.4 Å². The van der Waals surface area contributed by atoms with E-state index in [-0.39, 0.29) is 29.9 Å². The van der Waals surface area contributed by atoms with Crippen LogP contribution in [-0.4, -0.2) is 49.1 Å². The number of nitrogens with zero attached hydrogens (tertiary/aromatic N) is 6. The van der Waals surface area contributed by atoms with E-state index < -0.39 is 0 Å². The maximum atomic E-state index is 12.7. The molecule has 3 aromatic heterocycles. The molecule has 4 heterocycles. The van der Waals surface area contributed by atoms with Crippen molar-refractivity contribution in [2.24, 2.45) is 5.92 Å². The van der Waals surface area contributed by atoms with E-state index in [0.29, 0.717) is 6.54 Å². The number of anilines is 1. The summed E-state index contributed by atoms with van der Waals surface area (Å²) in [5.74, 6) is 1.28. The lowest BCUT2D eigenvalue weighted by molar-refractivity contribution is -0.122. The maximum absolute atomic E-state index is 12.7. The Balaban J connectivity index is 1.51. The van der Waals surface area contributed by atoms with Crippen LogP contribution < -0.4 is 4.90 Å². The minimum atomic E-state index is -0.346. The fraction of sp³-hybridized carbons (Fsp3) is 0.464. The highest BCUT2D eigenvalue weighted by Gasteiger charge is 2.33. The van der Waals surface area contributed by atoms with Crippen LogP contribution in [0.15, 0.2) is 36.8 Å². The van der Waals surface area contributed by atoms with E-state index in [9.17, 15) is 9.59 Å². The number of carbonyl (C=O) groups is 2. The molecule has 9 nitrogen and oxygen atoms in total. The Morgan fingerprint density at radius 2 is 1.95 bits per heavy atom. The number of aryl methyl sites for hydroxylation is 1. The topological polar surface area (TPSA) is 95.1 Å². The van der Waals surface area contributed by atoms with E-state index in [0.717, 1.165) is 77.8 Å². The van der Waals surface area contributed by atoms with Gasteiger partial charge in [-0.15, -0.1) is 0 Å². The number of benzene rings is 1. The van der Waals surface area contributed by atoms with Gasteiger partial charge in [0, 0.05) is 42.2 Å². The van der Waals surface area contributed by atoms with Crippen molar-refractivity contribution in [2.45, 2.75) is 71.0 Å². The average molecular weight is 501 g/mol. The minimum absolute atomic E-state index is 0.0541. The lowest BCUT2D eigenvalue weighted by Gasteiger charge is -2.34. The van der Waals surface area contributed by atoms with Gasteiger partial charge in [-0.2, -0.15) is 0 Å². The largest absolute Gasteiger partial charge is 0.452 e. The van der Waals surface area contributed by atoms with Crippen LogP contribution >= 0.6 is 0 Å². The first-order chi connectivity index (χ1) is 18.0. The van der Waals surface area contributed by atoms with Gasteiger partial charge in [0.25, 0.3) is 0 Å². The second-order valence-electron chi connectivity index (χ2n) is 10.4. The van der Waals surface area contributed by atoms with Crippen molar-refractivity contribution in [2.75, 3.05) is 12.0 Å². The van der Waals surface area contributed by atoms with Gasteiger partial charge in [0.2, 0.25) is 0 Å². The molecule has 1 aromatic carbocycles. The Morgan fingerprint density at radius 1 is 1.11 bits per heavy atom. The van der Waals surface area contributed by atoms with Gasteiger partial charge in [0.1, 0.15) is 17.1 Å². The summed E-state index contributed by atoms with van der Waals surface area (Å²) >= 11 is 0. The maximum Gasteiger partial charge on any atom is 0.414 e. The van der Waals surface area contributed by atoms with E-state index in [4.69, 9.17) is 9.72 Å². The van der Waals surface area contributed by atoms with Crippen molar-refractivity contribution >= 4 is 39.8 Å². The molecule has 37 heavy (non-hydrogen) atoms. The third-order valence-corrected chi connectivity index (χ3v) is 8.19. The summed E-state index contributed by atoms with van der Waals surface area (Å²) < 4.78 is 9.55. The van der Waals surface area contributed by atoms with Gasteiger partial charge in [0.05, 0.1) is 30.4 Å². The zero-order chi connectivity index (χ0) is 25.7. The number of hydrogen-bond acceptors (Lipinski definition) is 6. The summed E-state index contributed by atoms with van der Waals surface area (Å²) in [7, 11) is 1.42. The number of amides is 1.